The molecule has 2 rings (SSSR count). The average molecular weight is 357 g/mol. The van der Waals surface area contributed by atoms with E-state index >= 15 is 0 Å². The van der Waals surface area contributed by atoms with Crippen LogP contribution in [0.25, 0.3) is 0 Å². The molecule has 0 radical (unpaired) electrons. The Hall–Kier alpha value is -1.50. The largest absolute Gasteiger partial charge is 0.384 e. The summed E-state index contributed by atoms with van der Waals surface area (Å²) >= 11 is 13.2. The van der Waals surface area contributed by atoms with Gasteiger partial charge in [-0.25, -0.2) is 9.97 Å². The molecule has 2 aromatic rings. The van der Waals surface area contributed by atoms with Gasteiger partial charge in [-0.3, -0.25) is 4.79 Å². The van der Waals surface area contributed by atoms with Gasteiger partial charge < -0.3 is 11.1 Å². The molecule has 1 atom stereocenters. The van der Waals surface area contributed by atoms with Gasteiger partial charge in [0.15, 0.2) is 5.16 Å². The molecule has 3 N–H and O–H groups in total. The van der Waals surface area contributed by atoms with Crippen molar-refractivity contribution < 1.29 is 4.79 Å². The molecule has 8 heteroatoms. The summed E-state index contributed by atoms with van der Waals surface area (Å²) in [6, 6.07) is 6.72. The number of thioether (sulfide) groups is 1. The zero-order valence-corrected chi connectivity index (χ0v) is 14.3. The Morgan fingerprint density at radius 2 is 2.09 bits per heavy atom. The number of nitrogens with zero attached hydrogens (tertiary/aromatic N) is 2. The van der Waals surface area contributed by atoms with Gasteiger partial charge in [0.1, 0.15) is 5.82 Å². The Kier molecular flexibility index (Phi) is 5.50. The molecular formula is C14H14Cl2N4OS. The fourth-order valence-corrected chi connectivity index (χ4v) is 2.85. The summed E-state index contributed by atoms with van der Waals surface area (Å²) in [5, 5.41) is 3.47. The van der Waals surface area contributed by atoms with E-state index in [1.165, 1.54) is 11.8 Å². The highest BCUT2D eigenvalue weighted by Crippen LogP contribution is 2.30. The molecule has 1 unspecified atom stereocenters. The van der Waals surface area contributed by atoms with Crippen LogP contribution >= 0.6 is 35.0 Å². The first-order chi connectivity index (χ1) is 10.4. The summed E-state index contributed by atoms with van der Waals surface area (Å²) in [5.74, 6) is 0.151. The highest BCUT2D eigenvalue weighted by Gasteiger charge is 2.18. The van der Waals surface area contributed by atoms with E-state index in [2.05, 4.69) is 15.3 Å². The van der Waals surface area contributed by atoms with Crippen LogP contribution in [0.4, 0.5) is 11.5 Å². The summed E-state index contributed by atoms with van der Waals surface area (Å²) in [6.45, 7) is 3.57. The number of benzene rings is 1. The number of rotatable bonds is 4. The molecule has 22 heavy (non-hydrogen) atoms. The lowest BCUT2D eigenvalue weighted by molar-refractivity contribution is -0.115. The van der Waals surface area contributed by atoms with Crippen LogP contribution in [0.15, 0.2) is 29.4 Å². The third kappa shape index (κ3) is 4.25. The minimum atomic E-state index is -0.420. The second kappa shape index (κ2) is 7.17. The van der Waals surface area contributed by atoms with Gasteiger partial charge in [0.25, 0.3) is 0 Å². The lowest BCUT2D eigenvalue weighted by atomic mass is 10.3. The number of carbonyl (C=O) groups excluding carboxylic acids is 1. The minimum absolute atomic E-state index is 0.224. The van der Waals surface area contributed by atoms with Crippen LogP contribution in [0.2, 0.25) is 10.0 Å². The van der Waals surface area contributed by atoms with Crippen molar-refractivity contribution in [2.75, 3.05) is 11.1 Å². The van der Waals surface area contributed by atoms with Crippen LogP contribution in [-0.4, -0.2) is 21.1 Å². The van der Waals surface area contributed by atoms with Gasteiger partial charge in [0.2, 0.25) is 5.91 Å². The second-order valence-corrected chi connectivity index (χ2v) is 6.66. The van der Waals surface area contributed by atoms with Crippen molar-refractivity contribution in [1.29, 1.82) is 0 Å². The average Bonchev–Trinajstić information content (AvgIpc) is 2.42. The number of hydrogen-bond acceptors (Lipinski definition) is 5. The van der Waals surface area contributed by atoms with Crippen LogP contribution in [0, 0.1) is 6.92 Å². The maximum absolute atomic E-state index is 12.2. The molecule has 0 bridgehead atoms. The fraction of sp³-hybridized carbons (Fsp3) is 0.214. The Morgan fingerprint density at radius 1 is 1.36 bits per heavy atom. The number of anilines is 2. The number of hydrogen-bond donors (Lipinski definition) is 2. The van der Waals surface area contributed by atoms with Gasteiger partial charge in [-0.2, -0.15) is 0 Å². The van der Waals surface area contributed by atoms with Gasteiger partial charge in [-0.05, 0) is 26.0 Å². The van der Waals surface area contributed by atoms with E-state index in [0.29, 0.717) is 26.7 Å². The first kappa shape index (κ1) is 16.9. The molecule has 0 saturated heterocycles. The Morgan fingerprint density at radius 3 is 2.77 bits per heavy atom. The van der Waals surface area contributed by atoms with E-state index in [1.807, 2.05) is 6.92 Å². The van der Waals surface area contributed by atoms with Crippen molar-refractivity contribution in [1.82, 2.24) is 9.97 Å². The lowest BCUT2D eigenvalue weighted by Gasteiger charge is -2.13. The molecule has 1 heterocycles. The zero-order valence-electron chi connectivity index (χ0n) is 11.9. The van der Waals surface area contributed by atoms with Gasteiger partial charge in [-0.15, -0.1) is 0 Å². The molecule has 0 saturated carbocycles. The Balaban J connectivity index is 2.07. The van der Waals surface area contributed by atoms with Crippen LogP contribution in [0.3, 0.4) is 0 Å². The van der Waals surface area contributed by atoms with Crippen LogP contribution in [0.1, 0.15) is 12.6 Å². The van der Waals surface area contributed by atoms with E-state index < -0.39 is 5.25 Å². The van der Waals surface area contributed by atoms with E-state index in [0.717, 1.165) is 5.69 Å². The van der Waals surface area contributed by atoms with E-state index in [-0.39, 0.29) is 5.91 Å². The summed E-state index contributed by atoms with van der Waals surface area (Å²) in [5.41, 5.74) is 6.89. The number of nitrogens with one attached hydrogen (secondary N) is 1. The van der Waals surface area contributed by atoms with E-state index in [4.69, 9.17) is 28.9 Å². The number of aromatic nitrogens is 2. The summed E-state index contributed by atoms with van der Waals surface area (Å²) in [4.78, 5) is 20.6. The normalized spacial score (nSPS) is 12.0. The molecule has 1 aromatic heterocycles. The molecule has 1 aromatic carbocycles. The molecule has 0 aliphatic rings. The topological polar surface area (TPSA) is 80.9 Å². The van der Waals surface area contributed by atoms with Gasteiger partial charge in [0.05, 0.1) is 21.0 Å². The number of aryl methyl sites for hydroxylation is 1. The van der Waals surface area contributed by atoms with Gasteiger partial charge >= 0.3 is 0 Å². The number of carbonyl (C=O) groups is 1. The Bertz CT molecular complexity index is 691. The van der Waals surface area contributed by atoms with Crippen LogP contribution in [0.5, 0.6) is 0 Å². The molecule has 0 aliphatic heterocycles. The first-order valence-electron chi connectivity index (χ1n) is 6.39. The summed E-state index contributed by atoms with van der Waals surface area (Å²) < 4.78 is 0. The SMILES string of the molecule is Cc1cc(N)nc(SC(C)C(=O)Nc2cccc(Cl)c2Cl)n1. The third-order valence-corrected chi connectivity index (χ3v) is 4.49. The minimum Gasteiger partial charge on any atom is -0.384 e. The summed E-state index contributed by atoms with van der Waals surface area (Å²) in [7, 11) is 0. The van der Waals surface area contributed by atoms with E-state index in [9.17, 15) is 4.79 Å². The zero-order chi connectivity index (χ0) is 16.3. The van der Waals surface area contributed by atoms with Crippen molar-refractivity contribution in [2.24, 2.45) is 0 Å². The van der Waals surface area contributed by atoms with Crippen LogP contribution < -0.4 is 11.1 Å². The molecule has 0 fully saturated rings. The van der Waals surface area contributed by atoms with Crippen molar-refractivity contribution >= 4 is 52.4 Å². The smallest absolute Gasteiger partial charge is 0.237 e. The standard InChI is InChI=1S/C14H14Cl2N4OS/c1-7-6-11(17)20-14(18-7)22-8(2)13(21)19-10-5-3-4-9(15)12(10)16/h3-6,8H,1-2H3,(H,19,21)(H2,17,18,20). The number of amides is 1. The third-order valence-electron chi connectivity index (χ3n) is 2.71. The number of nitrogen functional groups attached to an aromatic ring is 1. The van der Waals surface area contributed by atoms with Gasteiger partial charge in [0, 0.05) is 11.8 Å². The maximum atomic E-state index is 12.2. The lowest BCUT2D eigenvalue weighted by Crippen LogP contribution is -2.23. The van der Waals surface area contributed by atoms with Crippen LogP contribution in [-0.2, 0) is 4.79 Å². The molecule has 5 nitrogen and oxygen atoms in total. The highest BCUT2D eigenvalue weighted by atomic mass is 35.5. The molecule has 116 valence electrons. The fourth-order valence-electron chi connectivity index (χ4n) is 1.66. The van der Waals surface area contributed by atoms with Crippen molar-refractivity contribution in [3.63, 3.8) is 0 Å². The quantitative estimate of drug-likeness (QED) is 0.643. The highest BCUT2D eigenvalue weighted by molar-refractivity contribution is 8.00. The number of nitrogens with two attached hydrogens (primary N) is 1. The summed E-state index contributed by atoms with van der Waals surface area (Å²) in [6.07, 6.45) is 0. The number of halogens is 2. The molecule has 0 aliphatic carbocycles. The van der Waals surface area contributed by atoms with Crippen molar-refractivity contribution in [2.45, 2.75) is 24.3 Å². The van der Waals surface area contributed by atoms with E-state index in [1.54, 1.807) is 31.2 Å². The van der Waals surface area contributed by atoms with Crippen molar-refractivity contribution in [3.8, 4) is 0 Å². The maximum Gasteiger partial charge on any atom is 0.237 e. The second-order valence-electron chi connectivity index (χ2n) is 4.57. The van der Waals surface area contributed by atoms with Crippen molar-refractivity contribution in [3.05, 3.63) is 40.0 Å². The Labute approximate surface area is 142 Å². The molecular weight excluding hydrogens is 343 g/mol. The monoisotopic (exact) mass is 356 g/mol. The first-order valence-corrected chi connectivity index (χ1v) is 8.03. The molecule has 0 spiro atoms. The molecule has 1 amide bonds. The predicted molar refractivity (Wildman–Crippen MR) is 91.6 cm³/mol. The van der Waals surface area contributed by atoms with Gasteiger partial charge in [-0.1, -0.05) is 41.0 Å². The predicted octanol–water partition coefficient (Wildman–Crippen LogP) is 3.79.